The Morgan fingerprint density at radius 1 is 0.221 bits per heavy atom. The van der Waals surface area contributed by atoms with Crippen LogP contribution in [0.3, 0.4) is 0 Å². The zero-order chi connectivity index (χ0) is 57.3. The van der Waals surface area contributed by atoms with E-state index in [0.717, 1.165) is 34.1 Å². The largest absolute Gasteiger partial charge is 0.310 e. The molecule has 0 bridgehead atoms. The summed E-state index contributed by atoms with van der Waals surface area (Å²) in [6.45, 7) is 8.95. The molecule has 4 nitrogen and oxygen atoms in total. The number of aromatic nitrogens is 2. The van der Waals surface area contributed by atoms with Crippen molar-refractivity contribution in [3.8, 4) is 44.5 Å². The van der Waals surface area contributed by atoms with Crippen LogP contribution < -0.4 is 9.80 Å². The average Bonchev–Trinajstić information content (AvgIpc) is 1.54. The highest BCUT2D eigenvalue weighted by Gasteiger charge is 2.26. The van der Waals surface area contributed by atoms with E-state index in [0.29, 0.717) is 0 Å². The minimum atomic E-state index is 1.10. The first-order chi connectivity index (χ1) is 42.3. The summed E-state index contributed by atoms with van der Waals surface area (Å²) in [5.74, 6) is 0. The molecule has 406 valence electrons. The Kier molecular flexibility index (Phi) is 11.2. The molecule has 4 heteroatoms. The lowest BCUT2D eigenvalue weighted by Crippen LogP contribution is -2.13. The van der Waals surface area contributed by atoms with Crippen LogP contribution in [-0.2, 0) is 0 Å². The van der Waals surface area contributed by atoms with Gasteiger partial charge in [0.1, 0.15) is 0 Å². The van der Waals surface area contributed by atoms with E-state index in [1.54, 1.807) is 0 Å². The van der Waals surface area contributed by atoms with Crippen molar-refractivity contribution in [2.24, 2.45) is 0 Å². The quantitative estimate of drug-likeness (QED) is 0.136. The van der Waals surface area contributed by atoms with Crippen LogP contribution in [0.5, 0.6) is 0 Å². The molecule has 0 unspecified atom stereocenters. The Morgan fingerprint density at radius 3 is 1.00 bits per heavy atom. The minimum Gasteiger partial charge on any atom is -0.310 e. The van der Waals surface area contributed by atoms with E-state index >= 15 is 0 Å². The molecule has 4 heterocycles. The molecule has 0 aliphatic carbocycles. The second kappa shape index (κ2) is 19.3. The number of nitrogens with zero attached hydrogens (tertiary/aromatic N) is 4. The molecule has 0 atom stereocenters. The number of rotatable bonds is 10. The molecule has 0 spiro atoms. The molecule has 0 saturated heterocycles. The summed E-state index contributed by atoms with van der Waals surface area (Å²) in [5, 5.41) is 10.00. The lowest BCUT2D eigenvalue weighted by Gasteiger charge is -2.29. The van der Waals surface area contributed by atoms with E-state index in [4.69, 9.17) is 0 Å². The van der Waals surface area contributed by atoms with Crippen LogP contribution in [0.25, 0.3) is 121 Å². The average molecular weight is 1100 g/mol. The summed E-state index contributed by atoms with van der Waals surface area (Å²) < 4.78 is 5.13. The number of fused-ring (bicyclic) bond motifs is 12. The summed E-state index contributed by atoms with van der Waals surface area (Å²) in [7, 11) is 0. The van der Waals surface area contributed by atoms with Crippen molar-refractivity contribution in [2.45, 2.75) is 27.7 Å². The van der Waals surface area contributed by atoms with Crippen LogP contribution in [0.1, 0.15) is 22.3 Å². The van der Waals surface area contributed by atoms with Crippen LogP contribution >= 0.6 is 0 Å². The first-order valence-electron chi connectivity index (χ1n) is 29.9. The third kappa shape index (κ3) is 7.69. The molecular weight excluding hydrogens is 1040 g/mol. The van der Waals surface area contributed by atoms with Crippen molar-refractivity contribution in [1.82, 2.24) is 8.80 Å². The molecule has 17 aromatic rings. The summed E-state index contributed by atoms with van der Waals surface area (Å²) in [5.41, 5.74) is 28.4. The zero-order valence-electron chi connectivity index (χ0n) is 48.3. The molecule has 17 rings (SSSR count). The van der Waals surface area contributed by atoms with Crippen molar-refractivity contribution in [3.63, 3.8) is 0 Å². The second-order valence-corrected chi connectivity index (χ2v) is 23.6. The number of benzene rings is 13. The first kappa shape index (κ1) is 49.7. The third-order valence-electron chi connectivity index (χ3n) is 18.3. The first-order valence-corrected chi connectivity index (χ1v) is 29.9. The fourth-order valence-corrected chi connectivity index (χ4v) is 14.2. The van der Waals surface area contributed by atoms with Gasteiger partial charge in [-0.2, -0.15) is 0 Å². The van der Waals surface area contributed by atoms with Gasteiger partial charge in [-0.3, -0.25) is 0 Å². The molecule has 0 amide bonds. The van der Waals surface area contributed by atoms with E-state index in [2.05, 4.69) is 325 Å². The highest BCUT2D eigenvalue weighted by atomic mass is 15.2. The molecule has 4 aromatic heterocycles. The molecule has 0 fully saturated rings. The van der Waals surface area contributed by atoms with Gasteiger partial charge in [0.15, 0.2) is 0 Å². The Hall–Kier alpha value is -10.9. The van der Waals surface area contributed by atoms with Crippen LogP contribution in [0.15, 0.2) is 279 Å². The molecular formula is C82H58N4. The molecule has 0 radical (unpaired) electrons. The van der Waals surface area contributed by atoms with Gasteiger partial charge in [0, 0.05) is 77.2 Å². The van der Waals surface area contributed by atoms with E-state index in [-0.39, 0.29) is 0 Å². The maximum atomic E-state index is 2.57. The van der Waals surface area contributed by atoms with Crippen molar-refractivity contribution in [1.29, 1.82) is 0 Å². The third-order valence-corrected chi connectivity index (χ3v) is 18.3. The van der Waals surface area contributed by atoms with Gasteiger partial charge in [0.25, 0.3) is 0 Å². The maximum Gasteiger partial charge on any atom is 0.0620 e. The van der Waals surface area contributed by atoms with Crippen molar-refractivity contribution >= 4 is 110 Å². The number of aryl methyl sites for hydroxylation is 4. The summed E-state index contributed by atoms with van der Waals surface area (Å²) in [4.78, 5) is 4.99. The van der Waals surface area contributed by atoms with Gasteiger partial charge in [0.05, 0.1) is 33.1 Å². The predicted octanol–water partition coefficient (Wildman–Crippen LogP) is 22.8. The van der Waals surface area contributed by atoms with Crippen molar-refractivity contribution in [2.75, 3.05) is 9.80 Å². The Balaban J connectivity index is 0.888. The second-order valence-electron chi connectivity index (χ2n) is 23.6. The number of hydrogen-bond acceptors (Lipinski definition) is 2. The van der Waals surface area contributed by atoms with E-state index in [1.165, 1.54) is 143 Å². The lowest BCUT2D eigenvalue weighted by molar-refractivity contribution is 1.23. The normalized spacial score (nSPS) is 12.0. The van der Waals surface area contributed by atoms with Crippen LogP contribution in [0.4, 0.5) is 34.1 Å². The molecule has 13 aromatic carbocycles. The highest BCUT2D eigenvalue weighted by molar-refractivity contribution is 6.29. The van der Waals surface area contributed by atoms with Crippen LogP contribution in [0.2, 0.25) is 0 Å². The highest BCUT2D eigenvalue weighted by Crippen LogP contribution is 2.49. The van der Waals surface area contributed by atoms with Gasteiger partial charge >= 0.3 is 0 Å². The number of hydrogen-bond donors (Lipinski definition) is 0. The molecule has 0 aliphatic rings. The number of para-hydroxylation sites is 2. The molecule has 0 N–H and O–H groups in total. The van der Waals surface area contributed by atoms with Crippen molar-refractivity contribution < 1.29 is 0 Å². The van der Waals surface area contributed by atoms with Gasteiger partial charge in [0.2, 0.25) is 0 Å². The van der Waals surface area contributed by atoms with E-state index < -0.39 is 0 Å². The van der Waals surface area contributed by atoms with E-state index in [9.17, 15) is 0 Å². The number of anilines is 6. The van der Waals surface area contributed by atoms with Gasteiger partial charge in [-0.1, -0.05) is 212 Å². The fraction of sp³-hybridized carbons (Fsp3) is 0.0488. The lowest BCUT2D eigenvalue weighted by atomic mass is 9.99. The van der Waals surface area contributed by atoms with Gasteiger partial charge < -0.3 is 18.6 Å². The zero-order valence-corrected chi connectivity index (χ0v) is 48.3. The Labute approximate surface area is 499 Å². The molecule has 0 saturated carbocycles. The van der Waals surface area contributed by atoms with Crippen LogP contribution in [0, 0.1) is 27.7 Å². The summed E-state index contributed by atoms with van der Waals surface area (Å²) in [6, 6.07) is 104. The van der Waals surface area contributed by atoms with Gasteiger partial charge in [-0.25, -0.2) is 0 Å². The Morgan fingerprint density at radius 2 is 0.581 bits per heavy atom. The van der Waals surface area contributed by atoms with Crippen LogP contribution in [-0.4, -0.2) is 8.80 Å². The smallest absolute Gasteiger partial charge is 0.0620 e. The molecule has 0 aliphatic heterocycles. The fourth-order valence-electron chi connectivity index (χ4n) is 14.2. The predicted molar refractivity (Wildman–Crippen MR) is 366 cm³/mol. The van der Waals surface area contributed by atoms with Gasteiger partial charge in [-0.15, -0.1) is 0 Å². The molecule has 86 heavy (non-hydrogen) atoms. The summed E-state index contributed by atoms with van der Waals surface area (Å²) in [6.07, 6.45) is 0. The SMILES string of the molecule is Cc1cc(-c2ccccc2)cc(N(c2ccc3c4cccc5c6cc7c(cc6n(c3c2)c45)c2cccc3c4ccc(N(c5cc(-c6ccccc6)ccc5C)c5cc(-c6ccccc6)ccc5C)cc4n7c32)c2cc(-c3ccccc3)ccc2C)c1. The summed E-state index contributed by atoms with van der Waals surface area (Å²) >= 11 is 0. The Bertz CT molecular complexity index is 5410. The van der Waals surface area contributed by atoms with Crippen molar-refractivity contribution in [3.05, 3.63) is 301 Å². The standard InChI is InChI=1S/C82H58N4/c1-51-41-62(58-25-15-8-16-26-58)43-65(42-51)83(74-44-59(34-31-52(74)2)55-19-9-5-10-20-55)63-37-39-66-68-27-17-29-70-72-50-80-73(49-79(72)85(81(68)70)77(66)47-63)71-30-18-28-69-67-40-38-64(48-78(67)86(80)82(69)71)84(75-45-60(35-32-53(75)3)56-21-11-6-12-22-56)76-46-61(36-33-54(76)4)57-23-13-7-14-24-57/h5-50H,1-4H3. The van der Waals surface area contributed by atoms with E-state index in [1.807, 2.05) is 0 Å². The monoisotopic (exact) mass is 1100 g/mol. The topological polar surface area (TPSA) is 15.3 Å². The van der Waals surface area contributed by atoms with Gasteiger partial charge in [-0.05, 0) is 161 Å². The maximum absolute atomic E-state index is 2.57. The minimum absolute atomic E-state index is 1.10.